The van der Waals surface area contributed by atoms with E-state index in [1.54, 1.807) is 11.8 Å². The minimum Gasteiger partial charge on any atom is -0.380 e. The van der Waals surface area contributed by atoms with Crippen molar-refractivity contribution in [2.45, 2.75) is 22.6 Å². The highest BCUT2D eigenvalue weighted by Gasteiger charge is 2.23. The van der Waals surface area contributed by atoms with Gasteiger partial charge in [-0.1, -0.05) is 17.7 Å². The second kappa shape index (κ2) is 5.21. The third-order valence-corrected chi connectivity index (χ3v) is 3.99. The molecule has 0 radical (unpaired) electrons. The van der Waals surface area contributed by atoms with Gasteiger partial charge in [0.15, 0.2) is 0 Å². The Bertz CT molecular complexity index is 334. The average Bonchev–Trinajstić information content (AvgIpc) is 2.22. The van der Waals surface area contributed by atoms with Crippen molar-refractivity contribution in [1.29, 1.82) is 0 Å². The maximum absolute atomic E-state index is 6.03. The van der Waals surface area contributed by atoms with Gasteiger partial charge in [-0.25, -0.2) is 0 Å². The maximum atomic E-state index is 6.03. The minimum absolute atomic E-state index is 0.225. The molecule has 82 valence electrons. The Morgan fingerprint density at radius 3 is 3.07 bits per heavy atom. The van der Waals surface area contributed by atoms with Crippen LogP contribution in [0.25, 0.3) is 0 Å². The highest BCUT2D eigenvalue weighted by atomic mass is 35.5. The van der Waals surface area contributed by atoms with Crippen LogP contribution in [-0.2, 0) is 4.74 Å². The van der Waals surface area contributed by atoms with E-state index in [2.05, 4.69) is 6.07 Å². The Balaban J connectivity index is 2.01. The summed E-state index contributed by atoms with van der Waals surface area (Å²) >= 11 is 7.68. The number of thioether (sulfide) groups is 1. The molecule has 15 heavy (non-hydrogen) atoms. The Morgan fingerprint density at radius 1 is 1.47 bits per heavy atom. The summed E-state index contributed by atoms with van der Waals surface area (Å²) in [6.45, 7) is 1.52. The Hall–Kier alpha value is -0.220. The van der Waals surface area contributed by atoms with Gasteiger partial charge in [-0.15, -0.1) is 11.8 Å². The van der Waals surface area contributed by atoms with Crippen molar-refractivity contribution < 1.29 is 4.74 Å². The van der Waals surface area contributed by atoms with Crippen LogP contribution in [-0.4, -0.2) is 24.5 Å². The van der Waals surface area contributed by atoms with Gasteiger partial charge in [-0.3, -0.25) is 0 Å². The molecule has 2 N–H and O–H groups in total. The van der Waals surface area contributed by atoms with Crippen LogP contribution in [0, 0.1) is 0 Å². The third-order valence-electron chi connectivity index (χ3n) is 2.44. The van der Waals surface area contributed by atoms with Crippen LogP contribution in [0.1, 0.15) is 6.42 Å². The number of hydrogen-bond acceptors (Lipinski definition) is 3. The Morgan fingerprint density at radius 2 is 2.33 bits per heavy atom. The fourth-order valence-corrected chi connectivity index (χ4v) is 3.00. The first-order valence-electron chi connectivity index (χ1n) is 5.01. The van der Waals surface area contributed by atoms with Crippen molar-refractivity contribution in [1.82, 2.24) is 0 Å². The summed E-state index contributed by atoms with van der Waals surface area (Å²) in [5.74, 6) is 0. The molecule has 0 aliphatic carbocycles. The van der Waals surface area contributed by atoms with Crippen LogP contribution < -0.4 is 5.73 Å². The van der Waals surface area contributed by atoms with E-state index in [1.165, 1.54) is 0 Å². The van der Waals surface area contributed by atoms with Crippen LogP contribution in [0.4, 0.5) is 0 Å². The predicted molar refractivity (Wildman–Crippen MR) is 64.5 cm³/mol. The van der Waals surface area contributed by atoms with Gasteiger partial charge in [-0.2, -0.15) is 0 Å². The molecule has 1 fully saturated rings. The van der Waals surface area contributed by atoms with Crippen LogP contribution in [0.3, 0.4) is 0 Å². The summed E-state index contributed by atoms with van der Waals surface area (Å²) in [7, 11) is 0. The second-order valence-electron chi connectivity index (χ2n) is 3.64. The van der Waals surface area contributed by atoms with E-state index in [0.29, 0.717) is 5.25 Å². The van der Waals surface area contributed by atoms with Crippen LogP contribution in [0.2, 0.25) is 5.02 Å². The molecule has 0 bridgehead atoms. The Kier molecular flexibility index (Phi) is 3.92. The van der Waals surface area contributed by atoms with Crippen LogP contribution >= 0.6 is 23.4 Å². The van der Waals surface area contributed by atoms with E-state index in [4.69, 9.17) is 22.1 Å². The van der Waals surface area contributed by atoms with Crippen LogP contribution in [0.5, 0.6) is 0 Å². The van der Waals surface area contributed by atoms with Gasteiger partial charge in [0, 0.05) is 27.8 Å². The summed E-state index contributed by atoms with van der Waals surface area (Å²) in [6.07, 6.45) is 0.943. The van der Waals surface area contributed by atoms with Crippen molar-refractivity contribution in [3.63, 3.8) is 0 Å². The fraction of sp³-hybridized carbons (Fsp3) is 0.455. The minimum atomic E-state index is 0.225. The Labute approximate surface area is 99.1 Å². The fourth-order valence-electron chi connectivity index (χ4n) is 1.56. The van der Waals surface area contributed by atoms with Crippen molar-refractivity contribution in [3.8, 4) is 0 Å². The first-order chi connectivity index (χ1) is 7.25. The van der Waals surface area contributed by atoms with E-state index >= 15 is 0 Å². The number of ether oxygens (including phenoxy) is 1. The first kappa shape index (κ1) is 11.3. The molecule has 1 aliphatic heterocycles. The lowest BCUT2D eigenvalue weighted by Crippen LogP contribution is -2.40. The van der Waals surface area contributed by atoms with Gasteiger partial charge in [-0.05, 0) is 24.6 Å². The largest absolute Gasteiger partial charge is 0.380 e. The van der Waals surface area contributed by atoms with Gasteiger partial charge in [0.25, 0.3) is 0 Å². The lowest BCUT2D eigenvalue weighted by molar-refractivity contribution is 0.0916. The monoisotopic (exact) mass is 243 g/mol. The third kappa shape index (κ3) is 3.11. The predicted octanol–water partition coefficient (Wildman–Crippen LogP) is 2.55. The number of nitrogens with two attached hydrogens (primary N) is 1. The van der Waals surface area contributed by atoms with Crippen molar-refractivity contribution >= 4 is 23.4 Å². The molecule has 2 atom stereocenters. The molecule has 2 rings (SSSR count). The normalized spacial score (nSPS) is 26.5. The summed E-state index contributed by atoms with van der Waals surface area (Å²) in [5.41, 5.74) is 6.03. The number of halogens is 1. The molecule has 1 heterocycles. The maximum Gasteiger partial charge on any atom is 0.0603 e. The van der Waals surface area contributed by atoms with E-state index in [1.807, 2.05) is 18.2 Å². The van der Waals surface area contributed by atoms with Crippen LogP contribution in [0.15, 0.2) is 29.2 Å². The molecule has 0 amide bonds. The SMILES string of the molecule is NC1CCOCC1Sc1cccc(Cl)c1. The van der Waals surface area contributed by atoms with Gasteiger partial charge in [0.05, 0.1) is 6.61 Å². The van der Waals surface area contributed by atoms with E-state index in [9.17, 15) is 0 Å². The lowest BCUT2D eigenvalue weighted by Gasteiger charge is -2.28. The van der Waals surface area contributed by atoms with Crippen molar-refractivity contribution in [3.05, 3.63) is 29.3 Å². The number of benzene rings is 1. The molecule has 1 aromatic carbocycles. The summed E-state index contributed by atoms with van der Waals surface area (Å²) in [6, 6.07) is 8.08. The molecule has 0 saturated carbocycles. The molecule has 4 heteroatoms. The molecule has 1 aromatic rings. The summed E-state index contributed by atoms with van der Waals surface area (Å²) < 4.78 is 5.42. The van der Waals surface area contributed by atoms with E-state index < -0.39 is 0 Å². The quantitative estimate of drug-likeness (QED) is 0.867. The van der Waals surface area contributed by atoms with E-state index in [-0.39, 0.29) is 6.04 Å². The van der Waals surface area contributed by atoms with Gasteiger partial charge < -0.3 is 10.5 Å². The molecular weight excluding hydrogens is 230 g/mol. The summed E-state index contributed by atoms with van der Waals surface area (Å²) in [5, 5.41) is 1.11. The van der Waals surface area contributed by atoms with E-state index in [0.717, 1.165) is 29.6 Å². The molecule has 2 nitrogen and oxygen atoms in total. The molecule has 1 aliphatic rings. The van der Waals surface area contributed by atoms with Gasteiger partial charge in [0.1, 0.15) is 0 Å². The highest BCUT2D eigenvalue weighted by Crippen LogP contribution is 2.29. The van der Waals surface area contributed by atoms with Crippen molar-refractivity contribution in [2.24, 2.45) is 5.73 Å². The zero-order valence-corrected chi connectivity index (χ0v) is 9.93. The molecule has 0 spiro atoms. The zero-order valence-electron chi connectivity index (χ0n) is 8.36. The average molecular weight is 244 g/mol. The molecule has 1 saturated heterocycles. The zero-order chi connectivity index (χ0) is 10.7. The highest BCUT2D eigenvalue weighted by molar-refractivity contribution is 8.00. The lowest BCUT2D eigenvalue weighted by atomic mass is 10.1. The van der Waals surface area contributed by atoms with Gasteiger partial charge in [0.2, 0.25) is 0 Å². The molecular formula is C11H14ClNOS. The molecule has 0 aromatic heterocycles. The second-order valence-corrected chi connectivity index (χ2v) is 5.39. The topological polar surface area (TPSA) is 35.2 Å². The number of hydrogen-bond donors (Lipinski definition) is 1. The standard InChI is InChI=1S/C11H14ClNOS/c12-8-2-1-3-9(6-8)15-11-7-14-5-4-10(11)13/h1-3,6,10-11H,4-5,7,13H2. The van der Waals surface area contributed by atoms with Gasteiger partial charge >= 0.3 is 0 Å². The smallest absolute Gasteiger partial charge is 0.0603 e. The molecule has 2 unspecified atom stereocenters. The first-order valence-corrected chi connectivity index (χ1v) is 6.27. The number of rotatable bonds is 2. The van der Waals surface area contributed by atoms with Crippen molar-refractivity contribution in [2.75, 3.05) is 13.2 Å². The summed E-state index contributed by atoms with van der Waals surface area (Å²) in [4.78, 5) is 1.16.